The van der Waals surface area contributed by atoms with Gasteiger partial charge in [-0.2, -0.15) is 0 Å². The Morgan fingerprint density at radius 3 is 2.50 bits per heavy atom. The standard InChI is InChI=1S/C15H22N2O/c1-11(2)7-12-3-5-13(6-4-12)9-16-14-8-15(18)17-10-14/h3-6,11,14,16H,7-10H2,1-2H3,(H,17,18). The van der Waals surface area contributed by atoms with Gasteiger partial charge < -0.3 is 10.6 Å². The highest BCUT2D eigenvalue weighted by Crippen LogP contribution is 2.10. The third-order valence-corrected chi connectivity index (χ3v) is 3.24. The normalized spacial score (nSPS) is 19.3. The molecule has 0 aromatic heterocycles. The van der Waals surface area contributed by atoms with E-state index < -0.39 is 0 Å². The van der Waals surface area contributed by atoms with Gasteiger partial charge in [0.2, 0.25) is 5.91 Å². The molecule has 1 aromatic carbocycles. The van der Waals surface area contributed by atoms with Crippen LogP contribution in [0.15, 0.2) is 24.3 Å². The second-order valence-corrected chi connectivity index (χ2v) is 5.50. The summed E-state index contributed by atoms with van der Waals surface area (Å²) in [5, 5.41) is 6.24. The minimum Gasteiger partial charge on any atom is -0.354 e. The van der Waals surface area contributed by atoms with Crippen LogP contribution in [0, 0.1) is 5.92 Å². The van der Waals surface area contributed by atoms with E-state index in [9.17, 15) is 4.79 Å². The van der Waals surface area contributed by atoms with Crippen LogP contribution in [0.25, 0.3) is 0 Å². The molecule has 0 bridgehead atoms. The van der Waals surface area contributed by atoms with Crippen molar-refractivity contribution in [1.29, 1.82) is 0 Å². The quantitative estimate of drug-likeness (QED) is 0.832. The molecule has 1 aliphatic heterocycles. The molecule has 0 radical (unpaired) electrons. The van der Waals surface area contributed by atoms with E-state index in [4.69, 9.17) is 0 Å². The Balaban J connectivity index is 1.81. The van der Waals surface area contributed by atoms with Gasteiger partial charge >= 0.3 is 0 Å². The molecule has 1 atom stereocenters. The summed E-state index contributed by atoms with van der Waals surface area (Å²) in [6, 6.07) is 9.04. The molecule has 1 unspecified atom stereocenters. The maximum absolute atomic E-state index is 11.1. The van der Waals surface area contributed by atoms with Gasteiger partial charge in [-0.1, -0.05) is 38.1 Å². The molecule has 0 spiro atoms. The molecule has 98 valence electrons. The van der Waals surface area contributed by atoms with Gasteiger partial charge in [-0.15, -0.1) is 0 Å². The number of benzene rings is 1. The van der Waals surface area contributed by atoms with Crippen LogP contribution in [0.5, 0.6) is 0 Å². The average Bonchev–Trinajstić information content (AvgIpc) is 2.74. The van der Waals surface area contributed by atoms with Crippen LogP contribution in [0.2, 0.25) is 0 Å². The minimum absolute atomic E-state index is 0.153. The molecule has 1 amide bonds. The highest BCUT2D eigenvalue weighted by Gasteiger charge is 2.20. The zero-order valence-electron chi connectivity index (χ0n) is 11.2. The Hall–Kier alpha value is -1.35. The lowest BCUT2D eigenvalue weighted by Gasteiger charge is -2.11. The fraction of sp³-hybridized carbons (Fsp3) is 0.533. The van der Waals surface area contributed by atoms with Gasteiger partial charge in [0.1, 0.15) is 0 Å². The number of rotatable bonds is 5. The third kappa shape index (κ3) is 3.84. The van der Waals surface area contributed by atoms with Gasteiger partial charge in [0.15, 0.2) is 0 Å². The number of nitrogens with one attached hydrogen (secondary N) is 2. The molecule has 18 heavy (non-hydrogen) atoms. The second kappa shape index (κ2) is 6.01. The van der Waals surface area contributed by atoms with Gasteiger partial charge in [0, 0.05) is 25.6 Å². The highest BCUT2D eigenvalue weighted by molar-refractivity contribution is 5.78. The molecular weight excluding hydrogens is 224 g/mol. The average molecular weight is 246 g/mol. The van der Waals surface area contributed by atoms with E-state index >= 15 is 0 Å². The molecule has 2 N–H and O–H groups in total. The van der Waals surface area contributed by atoms with Crippen molar-refractivity contribution in [1.82, 2.24) is 10.6 Å². The lowest BCUT2D eigenvalue weighted by molar-refractivity contribution is -0.119. The van der Waals surface area contributed by atoms with Crippen LogP contribution in [0.3, 0.4) is 0 Å². The Morgan fingerprint density at radius 1 is 1.28 bits per heavy atom. The van der Waals surface area contributed by atoms with Crippen LogP contribution in [0.4, 0.5) is 0 Å². The molecule has 1 aliphatic rings. The van der Waals surface area contributed by atoms with E-state index in [2.05, 4.69) is 48.7 Å². The first kappa shape index (κ1) is 13.1. The highest BCUT2D eigenvalue weighted by atomic mass is 16.1. The lowest BCUT2D eigenvalue weighted by atomic mass is 10.0. The summed E-state index contributed by atoms with van der Waals surface area (Å²) in [5.74, 6) is 0.851. The van der Waals surface area contributed by atoms with Gasteiger partial charge in [-0.25, -0.2) is 0 Å². The molecule has 1 fully saturated rings. The molecular formula is C15H22N2O. The Labute approximate surface area is 109 Å². The van der Waals surface area contributed by atoms with E-state index in [0.717, 1.165) is 19.5 Å². The van der Waals surface area contributed by atoms with Crippen molar-refractivity contribution >= 4 is 5.91 Å². The van der Waals surface area contributed by atoms with Crippen molar-refractivity contribution < 1.29 is 4.79 Å². The van der Waals surface area contributed by atoms with Crippen LogP contribution in [0.1, 0.15) is 31.4 Å². The van der Waals surface area contributed by atoms with E-state index in [1.54, 1.807) is 0 Å². The lowest BCUT2D eigenvalue weighted by Crippen LogP contribution is -2.30. The fourth-order valence-corrected chi connectivity index (χ4v) is 2.28. The topological polar surface area (TPSA) is 41.1 Å². The monoisotopic (exact) mass is 246 g/mol. The fourth-order valence-electron chi connectivity index (χ4n) is 2.28. The summed E-state index contributed by atoms with van der Waals surface area (Å²) >= 11 is 0. The van der Waals surface area contributed by atoms with Crippen molar-refractivity contribution in [2.75, 3.05) is 6.54 Å². The molecule has 3 heteroatoms. The number of carbonyl (C=O) groups excluding carboxylic acids is 1. The largest absolute Gasteiger partial charge is 0.354 e. The smallest absolute Gasteiger partial charge is 0.221 e. The Bertz CT molecular complexity index is 397. The van der Waals surface area contributed by atoms with Crippen molar-refractivity contribution in [3.05, 3.63) is 35.4 Å². The number of carbonyl (C=O) groups is 1. The maximum Gasteiger partial charge on any atom is 0.221 e. The van der Waals surface area contributed by atoms with E-state index in [1.807, 2.05) is 0 Å². The van der Waals surface area contributed by atoms with Gasteiger partial charge in [-0.3, -0.25) is 4.79 Å². The zero-order valence-corrected chi connectivity index (χ0v) is 11.2. The van der Waals surface area contributed by atoms with E-state index in [-0.39, 0.29) is 11.9 Å². The van der Waals surface area contributed by atoms with E-state index in [1.165, 1.54) is 11.1 Å². The Morgan fingerprint density at radius 2 is 1.94 bits per heavy atom. The molecule has 1 heterocycles. The van der Waals surface area contributed by atoms with Crippen LogP contribution in [-0.2, 0) is 17.8 Å². The third-order valence-electron chi connectivity index (χ3n) is 3.24. The van der Waals surface area contributed by atoms with Crippen LogP contribution < -0.4 is 10.6 Å². The first-order valence-corrected chi connectivity index (χ1v) is 6.71. The zero-order chi connectivity index (χ0) is 13.0. The Kier molecular flexibility index (Phi) is 4.37. The van der Waals surface area contributed by atoms with Crippen molar-refractivity contribution in [3.63, 3.8) is 0 Å². The number of amides is 1. The molecule has 0 saturated carbocycles. The van der Waals surface area contributed by atoms with Gasteiger partial charge in [0.05, 0.1) is 0 Å². The van der Waals surface area contributed by atoms with Crippen molar-refractivity contribution in [3.8, 4) is 0 Å². The predicted molar refractivity (Wildman–Crippen MR) is 73.2 cm³/mol. The molecule has 2 rings (SSSR count). The number of hydrogen-bond acceptors (Lipinski definition) is 2. The summed E-state index contributed by atoms with van der Waals surface area (Å²) < 4.78 is 0. The molecule has 3 nitrogen and oxygen atoms in total. The van der Waals surface area contributed by atoms with Gasteiger partial charge in [0.25, 0.3) is 0 Å². The first-order valence-electron chi connectivity index (χ1n) is 6.71. The summed E-state index contributed by atoms with van der Waals surface area (Å²) in [6.45, 7) is 6.06. The number of hydrogen-bond donors (Lipinski definition) is 2. The first-order chi connectivity index (χ1) is 8.63. The van der Waals surface area contributed by atoms with Crippen LogP contribution >= 0.6 is 0 Å². The predicted octanol–water partition coefficient (Wildman–Crippen LogP) is 1.86. The van der Waals surface area contributed by atoms with Gasteiger partial charge in [-0.05, 0) is 23.5 Å². The van der Waals surface area contributed by atoms with Crippen LogP contribution in [-0.4, -0.2) is 18.5 Å². The molecule has 0 aliphatic carbocycles. The summed E-state index contributed by atoms with van der Waals surface area (Å²) in [4.78, 5) is 11.1. The van der Waals surface area contributed by atoms with Crippen molar-refractivity contribution in [2.45, 2.75) is 39.3 Å². The second-order valence-electron chi connectivity index (χ2n) is 5.50. The molecule has 1 aromatic rings. The summed E-state index contributed by atoms with van der Waals surface area (Å²) in [6.07, 6.45) is 1.74. The maximum atomic E-state index is 11.1. The van der Waals surface area contributed by atoms with Crippen molar-refractivity contribution in [2.24, 2.45) is 5.92 Å². The SMILES string of the molecule is CC(C)Cc1ccc(CNC2CNC(=O)C2)cc1. The summed E-state index contributed by atoms with van der Waals surface area (Å²) in [7, 11) is 0. The van der Waals surface area contributed by atoms with E-state index in [0.29, 0.717) is 12.3 Å². The minimum atomic E-state index is 0.153. The summed E-state index contributed by atoms with van der Waals surface area (Å²) in [5.41, 5.74) is 2.67. The molecule has 1 saturated heterocycles.